The predicted molar refractivity (Wildman–Crippen MR) is 123 cm³/mol. The Morgan fingerprint density at radius 2 is 1.87 bits per heavy atom. The third-order valence-electron chi connectivity index (χ3n) is 5.41. The lowest BCUT2D eigenvalue weighted by molar-refractivity contribution is -0.115. The molecule has 1 amide bonds. The first-order valence-corrected chi connectivity index (χ1v) is 13.6. The minimum Gasteiger partial charge on any atom is -0.454 e. The number of benzene rings is 1. The fourth-order valence-electron chi connectivity index (χ4n) is 2.82. The molecule has 0 fully saturated rings. The third-order valence-corrected chi connectivity index (χ3v) is 10.2. The molecule has 1 heterocycles. The molecule has 174 valence electrons. The van der Waals surface area contributed by atoms with E-state index in [4.69, 9.17) is 30.2 Å². The second-order valence-corrected chi connectivity index (χ2v) is 15.4. The zero-order valence-corrected chi connectivity index (χ0v) is 21.4. The number of aldehydes is 1. The van der Waals surface area contributed by atoms with Crippen molar-refractivity contribution in [3.8, 4) is 11.5 Å². The van der Waals surface area contributed by atoms with Crippen molar-refractivity contribution in [2.45, 2.75) is 83.8 Å². The molecular weight excluding hydrogens is 438 g/mol. The van der Waals surface area contributed by atoms with E-state index in [-0.39, 0.29) is 11.8 Å². The van der Waals surface area contributed by atoms with Crippen molar-refractivity contribution in [2.75, 3.05) is 6.79 Å². The van der Waals surface area contributed by atoms with Crippen LogP contribution in [0.15, 0.2) is 12.1 Å². The van der Waals surface area contributed by atoms with Gasteiger partial charge in [-0.3, -0.25) is 0 Å². The van der Waals surface area contributed by atoms with E-state index >= 15 is 0 Å². The molecule has 9 heteroatoms. The van der Waals surface area contributed by atoms with Crippen LogP contribution in [-0.2, 0) is 20.4 Å². The van der Waals surface area contributed by atoms with Gasteiger partial charge < -0.3 is 28.7 Å². The standard InChI is InChI=1S/C22H34ClNO6Si/c1-21(2,3)29-20(26)24-16(18(12-25)30-31(7,8)22(4,5)6)10-14-9-15(23)19-17(11-14)27-13-28-19/h9,11-12,16,18H,10,13H2,1-8H3,(H,24,26)/t16-,18-/m0/s1. The second kappa shape index (κ2) is 9.38. The van der Waals surface area contributed by atoms with E-state index in [9.17, 15) is 9.59 Å². The summed E-state index contributed by atoms with van der Waals surface area (Å²) in [6.07, 6.45) is -0.419. The van der Waals surface area contributed by atoms with Crippen LogP contribution in [-0.4, -0.2) is 45.2 Å². The van der Waals surface area contributed by atoms with Crippen LogP contribution in [0, 0.1) is 0 Å². The molecule has 1 aliphatic heterocycles. The first kappa shape index (κ1) is 25.5. The molecule has 0 aromatic heterocycles. The van der Waals surface area contributed by atoms with E-state index < -0.39 is 32.2 Å². The average molecular weight is 472 g/mol. The molecule has 0 saturated carbocycles. The van der Waals surface area contributed by atoms with Gasteiger partial charge >= 0.3 is 6.09 Å². The first-order chi connectivity index (χ1) is 14.1. The molecule has 31 heavy (non-hydrogen) atoms. The second-order valence-electron chi connectivity index (χ2n) is 10.2. The number of amides is 1. The highest BCUT2D eigenvalue weighted by Crippen LogP contribution is 2.41. The topological polar surface area (TPSA) is 83.1 Å². The predicted octanol–water partition coefficient (Wildman–Crippen LogP) is 5.09. The van der Waals surface area contributed by atoms with E-state index in [1.54, 1.807) is 32.9 Å². The van der Waals surface area contributed by atoms with Crippen molar-refractivity contribution >= 4 is 32.3 Å². The number of rotatable bonds is 7. The van der Waals surface area contributed by atoms with Crippen molar-refractivity contribution in [1.29, 1.82) is 0 Å². The summed E-state index contributed by atoms with van der Waals surface area (Å²) in [6.45, 7) is 15.8. The normalized spacial score (nSPS) is 15.9. The van der Waals surface area contributed by atoms with Gasteiger partial charge in [0.2, 0.25) is 6.79 Å². The molecular formula is C22H34ClNO6Si. The number of nitrogens with one attached hydrogen (secondary N) is 1. The van der Waals surface area contributed by atoms with E-state index in [2.05, 4.69) is 39.2 Å². The van der Waals surface area contributed by atoms with Crippen molar-refractivity contribution < 1.29 is 28.2 Å². The SMILES string of the molecule is CC(C)(C)OC(=O)N[C@@H](Cc1cc(Cl)c2c(c1)OCO2)[C@H](C=O)O[Si](C)(C)C(C)(C)C. The maximum Gasteiger partial charge on any atom is 0.407 e. The highest BCUT2D eigenvalue weighted by molar-refractivity contribution is 6.74. The van der Waals surface area contributed by atoms with Crippen LogP contribution >= 0.6 is 11.6 Å². The Morgan fingerprint density at radius 1 is 1.23 bits per heavy atom. The van der Waals surface area contributed by atoms with Crippen LogP contribution in [0.4, 0.5) is 4.79 Å². The van der Waals surface area contributed by atoms with Crippen molar-refractivity contribution in [3.05, 3.63) is 22.7 Å². The zero-order chi connectivity index (χ0) is 23.6. The first-order valence-electron chi connectivity index (χ1n) is 10.3. The minimum absolute atomic E-state index is 0.101. The van der Waals surface area contributed by atoms with Gasteiger partial charge in [-0.05, 0) is 63.0 Å². The van der Waals surface area contributed by atoms with Crippen molar-refractivity contribution in [3.63, 3.8) is 0 Å². The quantitative estimate of drug-likeness (QED) is 0.440. The summed E-state index contributed by atoms with van der Waals surface area (Å²) in [6, 6.07) is 2.89. The number of carbonyl (C=O) groups excluding carboxylic acids is 2. The largest absolute Gasteiger partial charge is 0.454 e. The Kier molecular flexibility index (Phi) is 7.71. The molecule has 2 atom stereocenters. The lowest BCUT2D eigenvalue weighted by atomic mass is 10.0. The molecule has 0 bridgehead atoms. The molecule has 0 spiro atoms. The Labute approximate surface area is 190 Å². The van der Waals surface area contributed by atoms with Crippen LogP contribution in [0.5, 0.6) is 11.5 Å². The summed E-state index contributed by atoms with van der Waals surface area (Å²) in [7, 11) is -2.29. The average Bonchev–Trinajstić information content (AvgIpc) is 3.05. The molecule has 2 rings (SSSR count). The number of halogens is 1. The van der Waals surface area contributed by atoms with Gasteiger partial charge in [0.05, 0.1) is 11.1 Å². The summed E-state index contributed by atoms with van der Waals surface area (Å²) in [5.41, 5.74) is 0.106. The molecule has 1 N–H and O–H groups in total. The van der Waals surface area contributed by atoms with E-state index in [0.717, 1.165) is 11.8 Å². The summed E-state index contributed by atoms with van der Waals surface area (Å²) in [5.74, 6) is 1.03. The van der Waals surface area contributed by atoms with Gasteiger partial charge in [-0.15, -0.1) is 0 Å². The van der Waals surface area contributed by atoms with E-state index in [1.807, 2.05) is 0 Å². The van der Waals surface area contributed by atoms with Gasteiger partial charge in [-0.2, -0.15) is 0 Å². The fourth-order valence-corrected chi connectivity index (χ4v) is 4.36. The fraction of sp³-hybridized carbons (Fsp3) is 0.636. The lowest BCUT2D eigenvalue weighted by Crippen LogP contribution is -2.53. The van der Waals surface area contributed by atoms with Gasteiger partial charge in [-0.25, -0.2) is 4.79 Å². The van der Waals surface area contributed by atoms with Gasteiger partial charge in [0, 0.05) is 0 Å². The molecule has 1 aromatic rings. The van der Waals surface area contributed by atoms with Gasteiger partial charge in [0.1, 0.15) is 18.0 Å². The van der Waals surface area contributed by atoms with Crippen molar-refractivity contribution in [1.82, 2.24) is 5.32 Å². The highest BCUT2D eigenvalue weighted by atomic mass is 35.5. The maximum absolute atomic E-state index is 12.5. The molecule has 0 aliphatic carbocycles. The maximum atomic E-state index is 12.5. The van der Waals surface area contributed by atoms with E-state index in [1.165, 1.54) is 0 Å². The minimum atomic E-state index is -2.29. The number of carbonyl (C=O) groups is 2. The monoisotopic (exact) mass is 471 g/mol. The highest BCUT2D eigenvalue weighted by Gasteiger charge is 2.41. The van der Waals surface area contributed by atoms with Crippen molar-refractivity contribution in [2.24, 2.45) is 0 Å². The molecule has 0 unspecified atom stereocenters. The summed E-state index contributed by atoms with van der Waals surface area (Å²) in [4.78, 5) is 24.6. The van der Waals surface area contributed by atoms with Gasteiger partial charge in [0.15, 0.2) is 19.8 Å². The molecule has 1 aromatic carbocycles. The Bertz CT molecular complexity index is 815. The Morgan fingerprint density at radius 3 is 2.42 bits per heavy atom. The number of hydrogen-bond acceptors (Lipinski definition) is 6. The van der Waals surface area contributed by atoms with Gasteiger partial charge in [-0.1, -0.05) is 32.4 Å². The van der Waals surface area contributed by atoms with Crippen LogP contribution in [0.2, 0.25) is 23.2 Å². The number of fused-ring (bicyclic) bond motifs is 1. The van der Waals surface area contributed by atoms with Crippen LogP contribution in [0.25, 0.3) is 0 Å². The number of hydrogen-bond donors (Lipinski definition) is 1. The lowest BCUT2D eigenvalue weighted by Gasteiger charge is -2.40. The molecule has 1 aliphatic rings. The van der Waals surface area contributed by atoms with E-state index in [0.29, 0.717) is 22.9 Å². The molecule has 0 radical (unpaired) electrons. The number of alkyl carbamates (subject to hydrolysis) is 1. The zero-order valence-electron chi connectivity index (χ0n) is 19.6. The summed E-state index contributed by atoms with van der Waals surface area (Å²) < 4.78 is 22.6. The summed E-state index contributed by atoms with van der Waals surface area (Å²) >= 11 is 6.32. The van der Waals surface area contributed by atoms with Crippen LogP contribution < -0.4 is 14.8 Å². The Hall–Kier alpha value is -1.77. The molecule has 0 saturated heterocycles. The molecule has 7 nitrogen and oxygen atoms in total. The third kappa shape index (κ3) is 6.85. The van der Waals surface area contributed by atoms with Gasteiger partial charge in [0.25, 0.3) is 0 Å². The van der Waals surface area contributed by atoms with Crippen LogP contribution in [0.1, 0.15) is 47.1 Å². The smallest absolute Gasteiger partial charge is 0.407 e. The Balaban J connectivity index is 2.32. The number of ether oxygens (including phenoxy) is 3. The summed E-state index contributed by atoms with van der Waals surface area (Å²) in [5, 5.41) is 3.13. The van der Waals surface area contributed by atoms with Crippen LogP contribution in [0.3, 0.4) is 0 Å².